The summed E-state index contributed by atoms with van der Waals surface area (Å²) in [6.07, 6.45) is -2.18. The largest absolute Gasteiger partial charge is 0.417 e. The van der Waals surface area contributed by atoms with Crippen molar-refractivity contribution in [1.82, 2.24) is 15.2 Å². The predicted molar refractivity (Wildman–Crippen MR) is 128 cm³/mol. The van der Waals surface area contributed by atoms with Gasteiger partial charge in [0.05, 0.1) is 41.6 Å². The third-order valence-electron chi connectivity index (χ3n) is 4.71. The molecule has 3 rings (SSSR count). The fourth-order valence-corrected chi connectivity index (χ4v) is 4.36. The summed E-state index contributed by atoms with van der Waals surface area (Å²) >= 11 is 12.8. The van der Waals surface area contributed by atoms with Crippen LogP contribution in [-0.4, -0.2) is 60.9 Å². The van der Waals surface area contributed by atoms with Gasteiger partial charge in [-0.2, -0.15) is 13.2 Å². The first kappa shape index (κ1) is 26.9. The smallest absolute Gasteiger partial charge is 0.378 e. The second kappa shape index (κ2) is 11.8. The molecule has 0 unspecified atom stereocenters. The Morgan fingerprint density at radius 3 is 2.69 bits per heavy atom. The third-order valence-corrected chi connectivity index (χ3v) is 6.32. The number of hydrogen-bond donors (Lipinski definition) is 2. The van der Waals surface area contributed by atoms with Crippen LogP contribution in [0.25, 0.3) is 0 Å². The number of benzene rings is 1. The topological polar surface area (TPSA) is 95.9 Å². The zero-order valence-corrected chi connectivity index (χ0v) is 20.6. The van der Waals surface area contributed by atoms with Crippen LogP contribution in [0.2, 0.25) is 5.02 Å². The fraction of sp³-hybridized carbons (Fsp3) is 0.333. The molecule has 1 fully saturated rings. The van der Waals surface area contributed by atoms with E-state index < -0.39 is 28.6 Å². The number of amidine groups is 1. The standard InChI is InChI=1S/C21H20Cl2F3N5O3S/c1-27-19(31-4-6-34-7-5-31)15(23)9-17(32)28-11-18-29-10-16(35-18)20(33)30-12-2-3-14(22)13(8-12)21(24,25)26/h2-3,8-10H,4-7,11H2,1H3,(H,28,32)(H,30,33)/b15-9-,27-19+. The van der Waals surface area contributed by atoms with Crippen LogP contribution >= 0.6 is 34.5 Å². The van der Waals surface area contributed by atoms with Crippen molar-refractivity contribution in [1.29, 1.82) is 0 Å². The lowest BCUT2D eigenvalue weighted by Gasteiger charge is -2.29. The van der Waals surface area contributed by atoms with Crippen molar-refractivity contribution in [3.8, 4) is 0 Å². The van der Waals surface area contributed by atoms with Crippen LogP contribution in [0.4, 0.5) is 18.9 Å². The summed E-state index contributed by atoms with van der Waals surface area (Å²) in [4.78, 5) is 35.0. The highest BCUT2D eigenvalue weighted by Gasteiger charge is 2.33. The number of aromatic nitrogens is 1. The number of anilines is 1. The molecule has 2 amide bonds. The number of rotatable bonds is 6. The first-order chi connectivity index (χ1) is 16.6. The number of hydrogen-bond acceptors (Lipinski definition) is 6. The lowest BCUT2D eigenvalue weighted by molar-refractivity contribution is -0.137. The van der Waals surface area contributed by atoms with Gasteiger partial charge in [0.2, 0.25) is 5.91 Å². The van der Waals surface area contributed by atoms with Gasteiger partial charge in [0.1, 0.15) is 15.7 Å². The molecular weight excluding hydrogens is 530 g/mol. The van der Waals surface area contributed by atoms with Gasteiger partial charge in [-0.05, 0) is 18.2 Å². The monoisotopic (exact) mass is 549 g/mol. The van der Waals surface area contributed by atoms with Gasteiger partial charge >= 0.3 is 6.18 Å². The number of morpholine rings is 1. The molecule has 0 atom stereocenters. The number of alkyl halides is 3. The van der Waals surface area contributed by atoms with Gasteiger partial charge in [0, 0.05) is 31.9 Å². The molecule has 0 spiro atoms. The predicted octanol–water partition coefficient (Wildman–Crippen LogP) is 4.17. The lowest BCUT2D eigenvalue weighted by Crippen LogP contribution is -2.41. The first-order valence-corrected chi connectivity index (χ1v) is 11.7. The van der Waals surface area contributed by atoms with Gasteiger partial charge in [-0.1, -0.05) is 23.2 Å². The normalized spacial score (nSPS) is 15.2. The van der Waals surface area contributed by atoms with E-state index in [2.05, 4.69) is 20.6 Å². The Kier molecular flexibility index (Phi) is 9.11. The van der Waals surface area contributed by atoms with Crippen LogP contribution in [-0.2, 0) is 22.3 Å². The Morgan fingerprint density at radius 1 is 1.31 bits per heavy atom. The molecule has 0 radical (unpaired) electrons. The molecule has 8 nitrogen and oxygen atoms in total. The van der Waals surface area contributed by atoms with Crippen LogP contribution < -0.4 is 10.6 Å². The second-order valence-electron chi connectivity index (χ2n) is 7.12. The molecular formula is C21H20Cl2F3N5O3S. The number of nitrogens with one attached hydrogen (secondary N) is 2. The molecule has 35 heavy (non-hydrogen) atoms. The van der Waals surface area contributed by atoms with Gasteiger partial charge in [-0.3, -0.25) is 14.6 Å². The Bertz CT molecular complexity index is 1150. The molecule has 1 aromatic carbocycles. The van der Waals surface area contributed by atoms with Crippen molar-refractivity contribution < 1.29 is 27.5 Å². The minimum absolute atomic E-state index is 0.0206. The van der Waals surface area contributed by atoms with Gasteiger partial charge < -0.3 is 20.3 Å². The molecule has 1 saturated heterocycles. The third kappa shape index (κ3) is 7.40. The molecule has 1 aliphatic heterocycles. The van der Waals surface area contributed by atoms with Crippen molar-refractivity contribution in [2.45, 2.75) is 12.7 Å². The van der Waals surface area contributed by atoms with Gasteiger partial charge in [-0.15, -0.1) is 11.3 Å². The van der Waals surface area contributed by atoms with Gasteiger partial charge in [-0.25, -0.2) is 4.98 Å². The van der Waals surface area contributed by atoms with Crippen LogP contribution in [0, 0.1) is 0 Å². The SMILES string of the molecule is C/N=C(\C(Cl)=C\C(=O)NCc1ncc(C(=O)Nc2ccc(Cl)c(C(F)(F)F)c2)s1)N1CCOCC1. The van der Waals surface area contributed by atoms with Crippen LogP contribution in [0.15, 0.2) is 40.5 Å². The van der Waals surface area contributed by atoms with Crippen molar-refractivity contribution >= 4 is 57.9 Å². The maximum atomic E-state index is 13.0. The quantitative estimate of drug-likeness (QED) is 0.320. The number of ether oxygens (including phenoxy) is 1. The maximum Gasteiger partial charge on any atom is 0.417 e. The van der Waals surface area contributed by atoms with Crippen molar-refractivity contribution in [3.63, 3.8) is 0 Å². The van der Waals surface area contributed by atoms with Crippen LogP contribution in [0.1, 0.15) is 20.2 Å². The number of thiazole rings is 1. The number of aliphatic imine (C=N–C) groups is 1. The molecule has 1 aliphatic rings. The number of amides is 2. The Labute approximate surface area is 212 Å². The Morgan fingerprint density at radius 2 is 2.03 bits per heavy atom. The maximum absolute atomic E-state index is 13.0. The molecule has 2 heterocycles. The van der Waals surface area contributed by atoms with E-state index in [4.69, 9.17) is 27.9 Å². The second-order valence-corrected chi connectivity index (χ2v) is 9.05. The Balaban J connectivity index is 1.57. The zero-order valence-electron chi connectivity index (χ0n) is 18.3. The highest BCUT2D eigenvalue weighted by molar-refractivity contribution is 7.13. The van der Waals surface area contributed by atoms with Gasteiger partial charge in [0.25, 0.3) is 5.91 Å². The van der Waals surface area contributed by atoms with E-state index in [0.29, 0.717) is 37.1 Å². The molecule has 0 saturated carbocycles. The molecule has 14 heteroatoms. The highest BCUT2D eigenvalue weighted by atomic mass is 35.5. The molecule has 0 aliphatic carbocycles. The average molecular weight is 550 g/mol. The number of nitrogens with zero attached hydrogens (tertiary/aromatic N) is 3. The van der Waals surface area contributed by atoms with Crippen molar-refractivity contribution in [2.75, 3.05) is 38.7 Å². The number of carbonyl (C=O) groups is 2. The molecule has 0 bridgehead atoms. The minimum atomic E-state index is -4.66. The van der Waals surface area contributed by atoms with E-state index in [1.165, 1.54) is 18.3 Å². The molecule has 2 aromatic rings. The summed E-state index contributed by atoms with van der Waals surface area (Å²) in [6.45, 7) is 2.31. The Hall–Kier alpha value is -2.67. The van der Waals surface area contributed by atoms with Crippen molar-refractivity contribution in [2.24, 2.45) is 4.99 Å². The van der Waals surface area contributed by atoms with Crippen LogP contribution in [0.3, 0.4) is 0 Å². The molecule has 188 valence electrons. The number of carbonyl (C=O) groups excluding carboxylic acids is 2. The van der Waals surface area contributed by atoms with E-state index in [1.54, 1.807) is 7.05 Å². The fourth-order valence-electron chi connectivity index (χ4n) is 3.08. The van der Waals surface area contributed by atoms with E-state index in [1.807, 2.05) is 4.90 Å². The van der Waals surface area contributed by atoms with E-state index in [-0.39, 0.29) is 22.1 Å². The summed E-state index contributed by atoms with van der Waals surface area (Å²) in [5.41, 5.74) is -1.12. The van der Waals surface area contributed by atoms with Crippen LogP contribution in [0.5, 0.6) is 0 Å². The number of halogens is 5. The summed E-state index contributed by atoms with van der Waals surface area (Å²) in [5.74, 6) is -0.645. The van der Waals surface area contributed by atoms with E-state index in [0.717, 1.165) is 23.5 Å². The molecule has 1 aromatic heterocycles. The highest BCUT2D eigenvalue weighted by Crippen LogP contribution is 2.36. The van der Waals surface area contributed by atoms with E-state index >= 15 is 0 Å². The summed E-state index contributed by atoms with van der Waals surface area (Å²) in [6, 6.07) is 3.07. The van der Waals surface area contributed by atoms with E-state index in [9.17, 15) is 22.8 Å². The average Bonchev–Trinajstić information content (AvgIpc) is 3.29. The first-order valence-electron chi connectivity index (χ1n) is 10.2. The summed E-state index contributed by atoms with van der Waals surface area (Å²) < 4.78 is 44.3. The zero-order chi connectivity index (χ0) is 25.6. The minimum Gasteiger partial charge on any atom is -0.378 e. The van der Waals surface area contributed by atoms with Gasteiger partial charge in [0.15, 0.2) is 0 Å². The summed E-state index contributed by atoms with van der Waals surface area (Å²) in [5, 5.41) is 5.12. The summed E-state index contributed by atoms with van der Waals surface area (Å²) in [7, 11) is 1.58. The molecule has 2 N–H and O–H groups in total. The van der Waals surface area contributed by atoms with Crippen molar-refractivity contribution in [3.05, 3.63) is 56.0 Å². The lowest BCUT2D eigenvalue weighted by atomic mass is 10.2.